The number of benzene rings is 2. The minimum Gasteiger partial charge on any atom is -0.493 e. The molecule has 1 spiro atoms. The van der Waals surface area contributed by atoms with Crippen molar-refractivity contribution in [1.82, 2.24) is 4.90 Å². The Balaban J connectivity index is 1.58. The zero-order chi connectivity index (χ0) is 21.8. The smallest absolute Gasteiger partial charge is 0.261 e. The minimum absolute atomic E-state index is 0.0818. The highest BCUT2D eigenvalue weighted by molar-refractivity contribution is 6.02. The summed E-state index contributed by atoms with van der Waals surface area (Å²) in [7, 11) is 3.10. The molecule has 7 nitrogen and oxygen atoms in total. The van der Waals surface area contributed by atoms with Crippen LogP contribution in [0.1, 0.15) is 48.9 Å². The molecule has 0 radical (unpaired) electrons. The molecule has 2 aliphatic rings. The lowest BCUT2D eigenvalue weighted by Gasteiger charge is -2.46. The van der Waals surface area contributed by atoms with E-state index >= 15 is 0 Å². The first-order valence-corrected chi connectivity index (χ1v) is 10.7. The maximum Gasteiger partial charge on any atom is 0.261 e. The molecule has 4 rings (SSSR count). The molecule has 2 aromatic carbocycles. The van der Waals surface area contributed by atoms with E-state index in [9.17, 15) is 9.59 Å². The highest BCUT2D eigenvalue weighted by Gasteiger charge is 2.47. The topological polar surface area (TPSA) is 77.1 Å². The molecule has 31 heavy (non-hydrogen) atoms. The van der Waals surface area contributed by atoms with Crippen molar-refractivity contribution in [3.63, 3.8) is 0 Å². The van der Waals surface area contributed by atoms with Gasteiger partial charge >= 0.3 is 0 Å². The van der Waals surface area contributed by atoms with Crippen molar-refractivity contribution in [3.05, 3.63) is 48.0 Å². The van der Waals surface area contributed by atoms with Gasteiger partial charge in [-0.25, -0.2) is 0 Å². The van der Waals surface area contributed by atoms with E-state index < -0.39 is 5.72 Å². The maximum atomic E-state index is 13.4. The first-order chi connectivity index (χ1) is 15.1. The summed E-state index contributed by atoms with van der Waals surface area (Å²) >= 11 is 0. The van der Waals surface area contributed by atoms with Gasteiger partial charge in [-0.3, -0.25) is 14.5 Å². The van der Waals surface area contributed by atoms with Crippen LogP contribution in [0.5, 0.6) is 17.2 Å². The van der Waals surface area contributed by atoms with Crippen LogP contribution in [-0.4, -0.2) is 43.2 Å². The Morgan fingerprint density at radius 3 is 2.45 bits per heavy atom. The summed E-state index contributed by atoms with van der Waals surface area (Å²) < 4.78 is 17.0. The second-order valence-electron chi connectivity index (χ2n) is 7.97. The van der Waals surface area contributed by atoms with Gasteiger partial charge in [-0.15, -0.1) is 0 Å². The summed E-state index contributed by atoms with van der Waals surface area (Å²) in [6.45, 7) is -0.0818. The van der Waals surface area contributed by atoms with Crippen molar-refractivity contribution >= 4 is 17.5 Å². The molecule has 1 heterocycles. The average molecular weight is 424 g/mol. The van der Waals surface area contributed by atoms with Gasteiger partial charge < -0.3 is 19.5 Å². The molecule has 1 N–H and O–H groups in total. The molecular formula is C24H28N2O5. The maximum absolute atomic E-state index is 13.4. The van der Waals surface area contributed by atoms with Crippen LogP contribution in [0.2, 0.25) is 0 Å². The molecule has 1 saturated carbocycles. The second-order valence-corrected chi connectivity index (χ2v) is 7.97. The van der Waals surface area contributed by atoms with Gasteiger partial charge in [0.1, 0.15) is 12.3 Å². The lowest BCUT2D eigenvalue weighted by molar-refractivity contribution is -0.126. The zero-order valence-corrected chi connectivity index (χ0v) is 18.0. The summed E-state index contributed by atoms with van der Waals surface area (Å²) in [5, 5.41) is 2.87. The number of hydrogen-bond donors (Lipinski definition) is 1. The normalized spacial score (nSPS) is 17.4. The monoisotopic (exact) mass is 424 g/mol. The zero-order valence-electron chi connectivity index (χ0n) is 18.0. The fourth-order valence-electron chi connectivity index (χ4n) is 4.45. The third-order valence-electron chi connectivity index (χ3n) is 6.01. The van der Waals surface area contributed by atoms with E-state index in [1.54, 1.807) is 43.4 Å². The number of fused-ring (bicyclic) bond motifs is 1. The molecule has 0 saturated heterocycles. The molecule has 0 bridgehead atoms. The number of nitrogens with one attached hydrogen (secondary N) is 1. The number of carbonyl (C=O) groups is 2. The highest BCUT2D eigenvalue weighted by Crippen LogP contribution is 2.41. The van der Waals surface area contributed by atoms with Crippen LogP contribution < -0.4 is 19.5 Å². The fraction of sp³-hybridized carbons (Fsp3) is 0.417. The number of hydrogen-bond acceptors (Lipinski definition) is 5. The number of methoxy groups -OCH3 is 2. The van der Waals surface area contributed by atoms with Crippen LogP contribution in [0.25, 0.3) is 0 Å². The van der Waals surface area contributed by atoms with Crippen molar-refractivity contribution in [2.75, 3.05) is 26.1 Å². The standard InChI is InChI=1S/C24H28N2O5/c1-29-20-12-11-17(15-21(20)30-2)25-22(27)16-26-23(28)18-9-5-6-10-19(18)31-24(26)13-7-3-4-8-14-24/h5-6,9-12,15H,3-4,7-8,13-14,16H2,1-2H3,(H,25,27). The van der Waals surface area contributed by atoms with Crippen LogP contribution in [0, 0.1) is 0 Å². The molecule has 0 unspecified atom stereocenters. The molecule has 1 aliphatic heterocycles. The van der Waals surface area contributed by atoms with Gasteiger partial charge in [-0.1, -0.05) is 25.0 Å². The van der Waals surface area contributed by atoms with E-state index in [4.69, 9.17) is 14.2 Å². The predicted molar refractivity (Wildman–Crippen MR) is 117 cm³/mol. The number of anilines is 1. The van der Waals surface area contributed by atoms with E-state index in [1.165, 1.54) is 0 Å². The Labute approximate surface area is 182 Å². The molecule has 0 atom stereocenters. The largest absolute Gasteiger partial charge is 0.493 e. The van der Waals surface area contributed by atoms with Gasteiger partial charge in [-0.2, -0.15) is 0 Å². The molecule has 164 valence electrons. The van der Waals surface area contributed by atoms with Crippen molar-refractivity contribution in [2.24, 2.45) is 0 Å². The molecule has 0 aromatic heterocycles. The average Bonchev–Trinajstić information content (AvgIpc) is 3.02. The van der Waals surface area contributed by atoms with E-state index in [1.807, 2.05) is 18.2 Å². The van der Waals surface area contributed by atoms with Gasteiger partial charge in [0.25, 0.3) is 5.91 Å². The van der Waals surface area contributed by atoms with Crippen LogP contribution in [0.15, 0.2) is 42.5 Å². The molecule has 2 amide bonds. The molecule has 7 heteroatoms. The van der Waals surface area contributed by atoms with Gasteiger partial charge in [-0.05, 0) is 37.1 Å². The van der Waals surface area contributed by atoms with Crippen LogP contribution in [0.3, 0.4) is 0 Å². The SMILES string of the molecule is COc1ccc(NC(=O)CN2C(=O)c3ccccc3OC23CCCCCC3)cc1OC. The summed E-state index contributed by atoms with van der Waals surface area (Å²) in [5.74, 6) is 1.25. The number of para-hydroxylation sites is 1. The lowest BCUT2D eigenvalue weighted by atomic mass is 9.97. The summed E-state index contributed by atoms with van der Waals surface area (Å²) in [6.07, 6.45) is 5.57. The Bertz CT molecular complexity index is 966. The first-order valence-electron chi connectivity index (χ1n) is 10.7. The van der Waals surface area contributed by atoms with Gasteiger partial charge in [0.2, 0.25) is 5.91 Å². The minimum atomic E-state index is -0.781. The van der Waals surface area contributed by atoms with Crippen LogP contribution >= 0.6 is 0 Å². The van der Waals surface area contributed by atoms with Gasteiger partial charge in [0.15, 0.2) is 17.2 Å². The molecule has 1 fully saturated rings. The van der Waals surface area contributed by atoms with Crippen molar-refractivity contribution in [3.8, 4) is 17.2 Å². The van der Waals surface area contributed by atoms with E-state index in [2.05, 4.69) is 5.32 Å². The molecular weight excluding hydrogens is 396 g/mol. The molecule has 1 aliphatic carbocycles. The lowest BCUT2D eigenvalue weighted by Crippen LogP contribution is -2.60. The Morgan fingerprint density at radius 2 is 1.74 bits per heavy atom. The number of nitrogens with zero attached hydrogens (tertiary/aromatic N) is 1. The van der Waals surface area contributed by atoms with Crippen LogP contribution in [0.4, 0.5) is 5.69 Å². The van der Waals surface area contributed by atoms with E-state index in [0.29, 0.717) is 28.5 Å². The van der Waals surface area contributed by atoms with Crippen molar-refractivity contribution in [1.29, 1.82) is 0 Å². The first kappa shape index (κ1) is 21.0. The second kappa shape index (κ2) is 8.88. The summed E-state index contributed by atoms with van der Waals surface area (Å²) in [6, 6.07) is 12.4. The van der Waals surface area contributed by atoms with Crippen molar-refractivity contribution in [2.45, 2.75) is 44.2 Å². The number of rotatable bonds is 5. The molecule has 2 aromatic rings. The van der Waals surface area contributed by atoms with E-state index in [-0.39, 0.29) is 18.4 Å². The van der Waals surface area contributed by atoms with E-state index in [0.717, 1.165) is 38.5 Å². The highest BCUT2D eigenvalue weighted by atomic mass is 16.5. The van der Waals surface area contributed by atoms with Gasteiger partial charge in [0.05, 0.1) is 19.8 Å². The third-order valence-corrected chi connectivity index (χ3v) is 6.01. The predicted octanol–water partition coefficient (Wildman–Crippen LogP) is 4.23. The number of amides is 2. The Morgan fingerprint density at radius 1 is 1.03 bits per heavy atom. The fourth-order valence-corrected chi connectivity index (χ4v) is 4.45. The van der Waals surface area contributed by atoms with Gasteiger partial charge in [0, 0.05) is 24.6 Å². The number of carbonyl (C=O) groups excluding carboxylic acids is 2. The number of ether oxygens (including phenoxy) is 3. The summed E-state index contributed by atoms with van der Waals surface area (Å²) in [4.78, 5) is 28.0. The third kappa shape index (κ3) is 4.17. The van der Waals surface area contributed by atoms with Crippen LogP contribution in [-0.2, 0) is 4.79 Å². The summed E-state index contributed by atoms with van der Waals surface area (Å²) in [5.41, 5.74) is 0.288. The van der Waals surface area contributed by atoms with Crippen molar-refractivity contribution < 1.29 is 23.8 Å². The Hall–Kier alpha value is -3.22. The quantitative estimate of drug-likeness (QED) is 0.777. The Kier molecular flexibility index (Phi) is 6.02.